The van der Waals surface area contributed by atoms with Gasteiger partial charge in [-0.2, -0.15) is 5.10 Å². The molecule has 35 heavy (non-hydrogen) atoms. The van der Waals surface area contributed by atoms with Crippen LogP contribution in [0.5, 0.6) is 0 Å². The number of piperidine rings is 1. The van der Waals surface area contributed by atoms with Crippen LogP contribution in [0, 0.1) is 17.6 Å². The quantitative estimate of drug-likeness (QED) is 0.559. The van der Waals surface area contributed by atoms with E-state index in [9.17, 15) is 18.4 Å². The molecule has 1 fully saturated rings. The van der Waals surface area contributed by atoms with Crippen molar-refractivity contribution in [2.45, 2.75) is 45.6 Å². The highest BCUT2D eigenvalue weighted by molar-refractivity contribution is 5.95. The molecule has 0 atom stereocenters. The van der Waals surface area contributed by atoms with Gasteiger partial charge in [0.1, 0.15) is 17.5 Å². The van der Waals surface area contributed by atoms with E-state index >= 15 is 0 Å². The lowest BCUT2D eigenvalue weighted by Crippen LogP contribution is -2.41. The van der Waals surface area contributed by atoms with Gasteiger partial charge in [-0.3, -0.25) is 9.59 Å². The monoisotopic (exact) mass is 480 g/mol. The maximum absolute atomic E-state index is 14.0. The van der Waals surface area contributed by atoms with Crippen LogP contribution in [0.25, 0.3) is 0 Å². The van der Waals surface area contributed by atoms with Crippen LogP contribution in [-0.2, 0) is 16.8 Å². The predicted octanol–water partition coefficient (Wildman–Crippen LogP) is 5.00. The fraction of sp³-hybridized carbons (Fsp3) is 0.370. The smallest absolute Gasteiger partial charge is 0.256 e. The van der Waals surface area contributed by atoms with Gasteiger partial charge in [0, 0.05) is 36.6 Å². The molecule has 6 nitrogen and oxygen atoms in total. The van der Waals surface area contributed by atoms with Crippen LogP contribution in [0.1, 0.15) is 55.2 Å². The van der Waals surface area contributed by atoms with Gasteiger partial charge < -0.3 is 10.2 Å². The lowest BCUT2D eigenvalue weighted by molar-refractivity contribution is -0.121. The van der Waals surface area contributed by atoms with E-state index in [1.165, 1.54) is 4.90 Å². The van der Waals surface area contributed by atoms with E-state index in [4.69, 9.17) is 5.10 Å². The Hall–Kier alpha value is -3.55. The molecule has 0 spiro atoms. The van der Waals surface area contributed by atoms with Crippen molar-refractivity contribution < 1.29 is 18.4 Å². The molecule has 0 unspecified atom stereocenters. The highest BCUT2D eigenvalue weighted by atomic mass is 19.1. The van der Waals surface area contributed by atoms with Gasteiger partial charge in [0.25, 0.3) is 5.91 Å². The highest BCUT2D eigenvalue weighted by Gasteiger charge is 2.30. The Morgan fingerprint density at radius 3 is 2.34 bits per heavy atom. The van der Waals surface area contributed by atoms with Crippen molar-refractivity contribution >= 4 is 17.6 Å². The highest BCUT2D eigenvalue weighted by Crippen LogP contribution is 2.27. The van der Waals surface area contributed by atoms with Crippen molar-refractivity contribution in [1.29, 1.82) is 0 Å². The summed E-state index contributed by atoms with van der Waals surface area (Å²) in [5, 5.41) is 7.79. The number of aromatic nitrogens is 2. The van der Waals surface area contributed by atoms with Crippen molar-refractivity contribution in [2.75, 3.05) is 18.4 Å². The molecule has 2 aromatic carbocycles. The van der Waals surface area contributed by atoms with Gasteiger partial charge >= 0.3 is 0 Å². The number of carbonyl (C=O) groups excluding carboxylic acids is 2. The van der Waals surface area contributed by atoms with Crippen molar-refractivity contribution in [1.82, 2.24) is 14.7 Å². The minimum absolute atomic E-state index is 0.125. The molecule has 1 aliphatic heterocycles. The third-order valence-electron chi connectivity index (χ3n) is 6.29. The number of benzene rings is 2. The van der Waals surface area contributed by atoms with Crippen molar-refractivity contribution in [2.24, 2.45) is 5.92 Å². The first-order valence-corrected chi connectivity index (χ1v) is 11.8. The van der Waals surface area contributed by atoms with Crippen LogP contribution in [0.2, 0.25) is 0 Å². The first kappa shape index (κ1) is 24.6. The zero-order valence-electron chi connectivity index (χ0n) is 20.2. The minimum atomic E-state index is -0.879. The van der Waals surface area contributed by atoms with Gasteiger partial charge in [0.05, 0.1) is 17.8 Å². The molecule has 0 bridgehead atoms. The molecule has 0 saturated carbocycles. The Kier molecular flexibility index (Phi) is 7.00. The molecule has 1 aliphatic rings. The van der Waals surface area contributed by atoms with Crippen LogP contribution in [0.3, 0.4) is 0 Å². The minimum Gasteiger partial charge on any atom is -0.339 e. The SMILES string of the molecule is CC(C)(C)c1cc(NC(=O)C2CCN(C(=O)c3ccc(F)cc3F)CC2)n(Cc2ccccc2)n1. The molecule has 1 saturated heterocycles. The summed E-state index contributed by atoms with van der Waals surface area (Å²) >= 11 is 0. The van der Waals surface area contributed by atoms with Crippen molar-refractivity contribution in [3.8, 4) is 0 Å². The van der Waals surface area contributed by atoms with Gasteiger partial charge in [-0.15, -0.1) is 0 Å². The van der Waals surface area contributed by atoms with E-state index in [1.54, 1.807) is 0 Å². The second-order valence-corrected chi connectivity index (χ2v) is 9.99. The lowest BCUT2D eigenvalue weighted by atomic mass is 9.92. The zero-order valence-corrected chi connectivity index (χ0v) is 20.2. The summed E-state index contributed by atoms with van der Waals surface area (Å²) in [6, 6.07) is 14.8. The summed E-state index contributed by atoms with van der Waals surface area (Å²) < 4.78 is 29.0. The predicted molar refractivity (Wildman–Crippen MR) is 130 cm³/mol. The van der Waals surface area contributed by atoms with E-state index < -0.39 is 17.5 Å². The number of amides is 2. The third kappa shape index (κ3) is 5.75. The van der Waals surface area contributed by atoms with E-state index in [-0.39, 0.29) is 22.8 Å². The Bertz CT molecular complexity index is 1210. The third-order valence-corrected chi connectivity index (χ3v) is 6.29. The number of anilines is 1. The van der Waals surface area contributed by atoms with Gasteiger partial charge in [0.15, 0.2) is 0 Å². The largest absolute Gasteiger partial charge is 0.339 e. The van der Waals surface area contributed by atoms with Crippen LogP contribution in [0.4, 0.5) is 14.6 Å². The normalized spacial score (nSPS) is 14.7. The number of hydrogen-bond acceptors (Lipinski definition) is 3. The fourth-order valence-corrected chi connectivity index (χ4v) is 4.17. The van der Waals surface area contributed by atoms with Crippen LogP contribution < -0.4 is 5.32 Å². The molecular formula is C27H30F2N4O2. The Morgan fingerprint density at radius 1 is 1.03 bits per heavy atom. The van der Waals surface area contributed by atoms with Gasteiger partial charge in [-0.1, -0.05) is 51.1 Å². The topological polar surface area (TPSA) is 67.2 Å². The summed E-state index contributed by atoms with van der Waals surface area (Å²) in [4.78, 5) is 27.3. The maximum atomic E-state index is 14.0. The number of likely N-dealkylation sites (tertiary alicyclic amines) is 1. The molecule has 4 rings (SSSR count). The fourth-order valence-electron chi connectivity index (χ4n) is 4.17. The molecule has 0 radical (unpaired) electrons. The molecule has 184 valence electrons. The standard InChI is InChI=1S/C27H30F2N4O2/c1-27(2,3)23-16-24(33(31-23)17-18-7-5-4-6-8-18)30-25(34)19-11-13-32(14-12-19)26(35)21-10-9-20(28)15-22(21)29/h4-10,15-16,19H,11-14,17H2,1-3H3,(H,30,34). The molecule has 1 N–H and O–H groups in total. The van der Waals surface area contributed by atoms with E-state index in [0.717, 1.165) is 23.4 Å². The molecule has 2 heterocycles. The molecule has 3 aromatic rings. The van der Waals surface area contributed by atoms with Crippen LogP contribution in [0.15, 0.2) is 54.6 Å². The molecule has 0 aliphatic carbocycles. The lowest BCUT2D eigenvalue weighted by Gasteiger charge is -2.31. The second-order valence-electron chi connectivity index (χ2n) is 9.99. The average molecular weight is 481 g/mol. The van der Waals surface area contributed by atoms with Crippen molar-refractivity contribution in [3.63, 3.8) is 0 Å². The second kappa shape index (κ2) is 9.98. The number of carbonyl (C=O) groups is 2. The maximum Gasteiger partial charge on any atom is 0.256 e. The van der Waals surface area contributed by atoms with Crippen LogP contribution >= 0.6 is 0 Å². The zero-order chi connectivity index (χ0) is 25.2. The van der Waals surface area contributed by atoms with Gasteiger partial charge in [-0.25, -0.2) is 13.5 Å². The number of halogens is 2. The van der Waals surface area contributed by atoms with E-state index in [1.807, 2.05) is 41.1 Å². The first-order valence-electron chi connectivity index (χ1n) is 11.8. The van der Waals surface area contributed by atoms with E-state index in [0.29, 0.717) is 44.4 Å². The Morgan fingerprint density at radius 2 is 1.71 bits per heavy atom. The van der Waals surface area contributed by atoms with Crippen LogP contribution in [-0.4, -0.2) is 39.6 Å². The Labute approximate surface area is 203 Å². The molecule has 2 amide bonds. The van der Waals surface area contributed by atoms with Gasteiger partial charge in [0.2, 0.25) is 5.91 Å². The van der Waals surface area contributed by atoms with Gasteiger partial charge in [-0.05, 0) is 30.5 Å². The number of rotatable bonds is 5. The Balaban J connectivity index is 1.43. The molecular weight excluding hydrogens is 450 g/mol. The average Bonchev–Trinajstić information content (AvgIpc) is 3.22. The van der Waals surface area contributed by atoms with Crippen molar-refractivity contribution in [3.05, 3.63) is 83.1 Å². The number of nitrogens with zero attached hydrogens (tertiary/aromatic N) is 3. The number of nitrogens with one attached hydrogen (secondary N) is 1. The summed E-state index contributed by atoms with van der Waals surface area (Å²) in [5.74, 6) is -1.87. The first-order chi connectivity index (χ1) is 16.6. The molecule has 8 heteroatoms. The van der Waals surface area contributed by atoms with E-state index in [2.05, 4.69) is 26.1 Å². The molecule has 1 aromatic heterocycles. The summed E-state index contributed by atoms with van der Waals surface area (Å²) in [7, 11) is 0. The number of hydrogen-bond donors (Lipinski definition) is 1. The summed E-state index contributed by atoms with van der Waals surface area (Å²) in [6.07, 6.45) is 0.915. The summed E-state index contributed by atoms with van der Waals surface area (Å²) in [6.45, 7) is 7.40. The summed E-state index contributed by atoms with van der Waals surface area (Å²) in [5.41, 5.74) is 1.62.